The quantitative estimate of drug-likeness (QED) is 0.537. The van der Waals surface area contributed by atoms with Gasteiger partial charge in [-0.2, -0.15) is 0 Å². The second-order valence-electron chi connectivity index (χ2n) is 14.6. The van der Waals surface area contributed by atoms with E-state index >= 15 is 0 Å². The Morgan fingerprint density at radius 2 is 0.735 bits per heavy atom. The van der Waals surface area contributed by atoms with Gasteiger partial charge in [-0.15, -0.1) is 0 Å². The van der Waals surface area contributed by atoms with Crippen molar-refractivity contribution >= 4 is 11.8 Å². The number of hydrogen-bond acceptors (Lipinski definition) is 2. The number of rotatable bonds is 4. The van der Waals surface area contributed by atoms with Crippen LogP contribution in [-0.2, 0) is 9.59 Å². The highest BCUT2D eigenvalue weighted by molar-refractivity contribution is 5.82. The Morgan fingerprint density at radius 1 is 0.500 bits per heavy atom. The predicted octanol–water partition coefficient (Wildman–Crippen LogP) is 5.65. The Labute approximate surface area is 206 Å². The van der Waals surface area contributed by atoms with E-state index in [2.05, 4.69) is 23.9 Å². The van der Waals surface area contributed by atoms with Crippen molar-refractivity contribution in [2.24, 2.45) is 47.3 Å². The first-order valence-corrected chi connectivity index (χ1v) is 14.9. The molecule has 9 fully saturated rings. The zero-order valence-corrected chi connectivity index (χ0v) is 21.6. The van der Waals surface area contributed by atoms with Crippen LogP contribution in [-0.4, -0.2) is 46.8 Å². The Balaban J connectivity index is 0.982. The maximum atomic E-state index is 13.7. The highest BCUT2D eigenvalue weighted by atomic mass is 16.2. The first-order chi connectivity index (χ1) is 16.3. The van der Waals surface area contributed by atoms with Gasteiger partial charge in [0.25, 0.3) is 0 Å². The molecule has 0 aliphatic heterocycles. The van der Waals surface area contributed by atoms with Gasteiger partial charge < -0.3 is 9.80 Å². The van der Waals surface area contributed by atoms with E-state index in [-0.39, 0.29) is 22.9 Å². The predicted molar refractivity (Wildman–Crippen MR) is 133 cm³/mol. The van der Waals surface area contributed by atoms with E-state index in [1.807, 2.05) is 0 Å². The molecule has 9 rings (SSSR count). The third kappa shape index (κ3) is 3.35. The lowest BCUT2D eigenvalue weighted by atomic mass is 9.52. The van der Waals surface area contributed by atoms with E-state index in [0.29, 0.717) is 11.8 Å². The molecular formula is C30H46N2O2. The molecular weight excluding hydrogens is 420 g/mol. The summed E-state index contributed by atoms with van der Waals surface area (Å²) in [5.74, 6) is 6.32. The molecule has 9 saturated carbocycles. The van der Waals surface area contributed by atoms with Crippen LogP contribution >= 0.6 is 0 Å². The van der Waals surface area contributed by atoms with Crippen LogP contribution in [0.3, 0.4) is 0 Å². The molecule has 9 aliphatic rings. The van der Waals surface area contributed by atoms with E-state index in [1.165, 1.54) is 77.0 Å². The van der Waals surface area contributed by atoms with E-state index in [9.17, 15) is 9.59 Å². The lowest BCUT2D eigenvalue weighted by Crippen LogP contribution is -2.61. The zero-order valence-electron chi connectivity index (χ0n) is 21.6. The first kappa shape index (κ1) is 22.2. The molecule has 4 nitrogen and oxygen atoms in total. The first-order valence-electron chi connectivity index (χ1n) is 14.9. The Morgan fingerprint density at radius 3 is 0.971 bits per heavy atom. The van der Waals surface area contributed by atoms with Gasteiger partial charge in [-0.25, -0.2) is 0 Å². The van der Waals surface area contributed by atoms with Gasteiger partial charge in [-0.3, -0.25) is 9.59 Å². The van der Waals surface area contributed by atoms with Gasteiger partial charge in [0.1, 0.15) is 0 Å². The van der Waals surface area contributed by atoms with Crippen LogP contribution in [0.15, 0.2) is 0 Å². The van der Waals surface area contributed by atoms with Gasteiger partial charge in [0.05, 0.1) is 0 Å². The van der Waals surface area contributed by atoms with Crippen molar-refractivity contribution in [2.75, 3.05) is 14.1 Å². The van der Waals surface area contributed by atoms with Crippen LogP contribution in [0.5, 0.6) is 0 Å². The number of hydrogen-bond donors (Lipinski definition) is 0. The number of amides is 2. The largest absolute Gasteiger partial charge is 0.340 e. The highest BCUT2D eigenvalue weighted by Crippen LogP contribution is 2.59. The van der Waals surface area contributed by atoms with Crippen molar-refractivity contribution in [3.63, 3.8) is 0 Å². The molecule has 0 unspecified atom stereocenters. The third-order valence-electron chi connectivity index (χ3n) is 12.5. The lowest BCUT2D eigenvalue weighted by molar-refractivity contribution is -0.157. The zero-order chi connectivity index (χ0) is 23.2. The van der Waals surface area contributed by atoms with Gasteiger partial charge in [0.2, 0.25) is 11.8 Å². The Bertz CT molecular complexity index is 715. The SMILES string of the molecule is CN(C(=O)C1CCC(C(=O)N(C)C23CC4CC(CC(C4)C2)C3)CC1)C12CC3CC(CC(C3)C1)C2. The number of carbonyl (C=O) groups excluding carboxylic acids is 2. The second kappa shape index (κ2) is 7.72. The minimum Gasteiger partial charge on any atom is -0.340 e. The van der Waals surface area contributed by atoms with Crippen LogP contribution in [0, 0.1) is 47.3 Å². The molecule has 0 saturated heterocycles. The monoisotopic (exact) mass is 466 g/mol. The highest BCUT2D eigenvalue weighted by Gasteiger charge is 2.56. The fraction of sp³-hybridized carbons (Fsp3) is 0.933. The van der Waals surface area contributed by atoms with Gasteiger partial charge in [0.15, 0.2) is 0 Å². The summed E-state index contributed by atoms with van der Waals surface area (Å²) >= 11 is 0. The summed E-state index contributed by atoms with van der Waals surface area (Å²) in [5, 5.41) is 0. The van der Waals surface area contributed by atoms with Crippen molar-refractivity contribution in [1.82, 2.24) is 9.80 Å². The Hall–Kier alpha value is -1.06. The van der Waals surface area contributed by atoms with E-state index in [4.69, 9.17) is 0 Å². The minimum atomic E-state index is 0.145. The fourth-order valence-electron chi connectivity index (χ4n) is 11.6. The van der Waals surface area contributed by atoms with Gasteiger partial charge in [-0.05, 0) is 138 Å². The van der Waals surface area contributed by atoms with Crippen molar-refractivity contribution in [3.8, 4) is 0 Å². The molecule has 0 heterocycles. The van der Waals surface area contributed by atoms with E-state index in [1.54, 1.807) is 0 Å². The fourth-order valence-corrected chi connectivity index (χ4v) is 11.6. The average molecular weight is 467 g/mol. The smallest absolute Gasteiger partial charge is 0.225 e. The van der Waals surface area contributed by atoms with Crippen molar-refractivity contribution < 1.29 is 9.59 Å². The summed E-state index contributed by atoms with van der Waals surface area (Å²) < 4.78 is 0. The Kier molecular flexibility index (Phi) is 5.03. The third-order valence-corrected chi connectivity index (χ3v) is 12.5. The molecule has 0 atom stereocenters. The van der Waals surface area contributed by atoms with Crippen molar-refractivity contribution in [3.05, 3.63) is 0 Å². The molecule has 2 amide bonds. The normalized spacial score (nSPS) is 50.4. The minimum absolute atomic E-state index is 0.145. The van der Waals surface area contributed by atoms with E-state index < -0.39 is 0 Å². The molecule has 0 aromatic carbocycles. The maximum absolute atomic E-state index is 13.7. The molecule has 0 N–H and O–H groups in total. The topological polar surface area (TPSA) is 40.6 Å². The molecule has 9 aliphatic carbocycles. The lowest BCUT2D eigenvalue weighted by Gasteiger charge is -2.60. The van der Waals surface area contributed by atoms with Crippen LogP contribution < -0.4 is 0 Å². The summed E-state index contributed by atoms with van der Waals surface area (Å²) in [6.45, 7) is 0. The summed E-state index contributed by atoms with van der Waals surface area (Å²) in [7, 11) is 4.26. The molecule has 34 heavy (non-hydrogen) atoms. The summed E-state index contributed by atoms with van der Waals surface area (Å²) in [5.41, 5.74) is 0.328. The second-order valence-corrected chi connectivity index (χ2v) is 14.6. The standard InChI is InChI=1S/C30H46N2O2/c1-31(29-13-19-7-20(14-29)9-21(8-19)15-29)27(33)25-3-5-26(6-4-25)28(34)32(2)30-16-22-10-23(17-30)12-24(11-22)18-30/h19-26H,3-18H2,1-2H3. The average Bonchev–Trinajstić information content (AvgIpc) is 2.80. The van der Waals surface area contributed by atoms with Gasteiger partial charge in [-0.1, -0.05) is 0 Å². The van der Waals surface area contributed by atoms with Crippen LogP contribution in [0.25, 0.3) is 0 Å². The summed E-state index contributed by atoms with van der Waals surface area (Å²) in [6.07, 6.45) is 19.7. The van der Waals surface area contributed by atoms with E-state index in [0.717, 1.165) is 61.2 Å². The molecule has 0 radical (unpaired) electrons. The van der Waals surface area contributed by atoms with Crippen LogP contribution in [0.4, 0.5) is 0 Å². The number of carbonyl (C=O) groups is 2. The molecule has 0 spiro atoms. The van der Waals surface area contributed by atoms with Crippen LogP contribution in [0.2, 0.25) is 0 Å². The molecule has 4 heteroatoms. The maximum Gasteiger partial charge on any atom is 0.225 e. The number of nitrogens with zero attached hydrogens (tertiary/aromatic N) is 2. The van der Waals surface area contributed by atoms with Crippen LogP contribution in [0.1, 0.15) is 103 Å². The van der Waals surface area contributed by atoms with Gasteiger partial charge in [0, 0.05) is 37.0 Å². The van der Waals surface area contributed by atoms with Crippen molar-refractivity contribution in [1.29, 1.82) is 0 Å². The van der Waals surface area contributed by atoms with Gasteiger partial charge >= 0.3 is 0 Å². The van der Waals surface area contributed by atoms with Crippen molar-refractivity contribution in [2.45, 2.75) is 114 Å². The molecule has 0 aromatic rings. The molecule has 0 aromatic heterocycles. The molecule has 188 valence electrons. The summed E-state index contributed by atoms with van der Waals surface area (Å²) in [4.78, 5) is 31.9. The molecule has 8 bridgehead atoms. The summed E-state index contributed by atoms with van der Waals surface area (Å²) in [6, 6.07) is 0.